The highest BCUT2D eigenvalue weighted by Crippen LogP contribution is 2.10. The lowest BCUT2D eigenvalue weighted by Crippen LogP contribution is -2.32. The van der Waals surface area contributed by atoms with Crippen molar-refractivity contribution in [3.63, 3.8) is 0 Å². The minimum atomic E-state index is -0.570. The molecule has 1 rings (SSSR count). The first-order valence-electron chi connectivity index (χ1n) is 5.38. The predicted molar refractivity (Wildman–Crippen MR) is 64.7 cm³/mol. The molecule has 1 amide bonds. The molecular formula is C12H16N2O3. The Kier molecular flexibility index (Phi) is 4.66. The number of nitrogens with two attached hydrogens (primary N) is 1. The summed E-state index contributed by atoms with van der Waals surface area (Å²) < 4.78 is 4.84. The van der Waals surface area contributed by atoms with Crippen molar-refractivity contribution in [1.82, 2.24) is 0 Å². The van der Waals surface area contributed by atoms with Crippen LogP contribution in [0.4, 0.5) is 5.69 Å². The third-order valence-electron chi connectivity index (χ3n) is 2.08. The summed E-state index contributed by atoms with van der Waals surface area (Å²) >= 11 is 0. The Morgan fingerprint density at radius 1 is 1.35 bits per heavy atom. The monoisotopic (exact) mass is 236 g/mol. The van der Waals surface area contributed by atoms with Crippen molar-refractivity contribution in [3.8, 4) is 0 Å². The van der Waals surface area contributed by atoms with Crippen molar-refractivity contribution < 1.29 is 14.3 Å². The van der Waals surface area contributed by atoms with E-state index >= 15 is 0 Å². The highest BCUT2D eigenvalue weighted by atomic mass is 16.5. The molecule has 0 saturated carbocycles. The first-order valence-corrected chi connectivity index (χ1v) is 5.38. The SMILES string of the molecule is CCOC(=O)c1ccc(NC(=O)[C@H](C)N)cc1. The molecule has 0 radical (unpaired) electrons. The smallest absolute Gasteiger partial charge is 0.338 e. The molecule has 3 N–H and O–H groups in total. The Morgan fingerprint density at radius 3 is 2.41 bits per heavy atom. The first kappa shape index (κ1) is 13.2. The van der Waals surface area contributed by atoms with Crippen LogP contribution >= 0.6 is 0 Å². The zero-order valence-corrected chi connectivity index (χ0v) is 9.90. The van der Waals surface area contributed by atoms with Crippen molar-refractivity contribution in [2.45, 2.75) is 19.9 Å². The van der Waals surface area contributed by atoms with Crippen LogP contribution in [-0.2, 0) is 9.53 Å². The van der Waals surface area contributed by atoms with Gasteiger partial charge in [-0.3, -0.25) is 4.79 Å². The van der Waals surface area contributed by atoms with Crippen LogP contribution in [0.25, 0.3) is 0 Å². The summed E-state index contributed by atoms with van der Waals surface area (Å²) in [6.45, 7) is 3.68. The zero-order valence-electron chi connectivity index (χ0n) is 9.90. The summed E-state index contributed by atoms with van der Waals surface area (Å²) in [5, 5.41) is 2.62. The molecule has 0 fully saturated rings. The van der Waals surface area contributed by atoms with Crippen molar-refractivity contribution >= 4 is 17.6 Å². The second kappa shape index (κ2) is 6.00. The van der Waals surface area contributed by atoms with Gasteiger partial charge in [0.1, 0.15) is 0 Å². The van der Waals surface area contributed by atoms with Gasteiger partial charge in [0.25, 0.3) is 0 Å². The molecule has 0 aliphatic rings. The molecule has 0 unspecified atom stereocenters. The van der Waals surface area contributed by atoms with E-state index in [2.05, 4.69) is 5.32 Å². The molecule has 1 atom stereocenters. The summed E-state index contributed by atoms with van der Waals surface area (Å²) in [5.41, 5.74) is 6.46. The van der Waals surface area contributed by atoms with Crippen LogP contribution in [0.15, 0.2) is 24.3 Å². The van der Waals surface area contributed by atoms with E-state index in [-0.39, 0.29) is 11.9 Å². The predicted octanol–water partition coefficient (Wildman–Crippen LogP) is 1.15. The van der Waals surface area contributed by atoms with Crippen LogP contribution in [0.2, 0.25) is 0 Å². The van der Waals surface area contributed by atoms with Gasteiger partial charge >= 0.3 is 5.97 Å². The average molecular weight is 236 g/mol. The fourth-order valence-electron chi connectivity index (χ4n) is 1.16. The lowest BCUT2D eigenvalue weighted by molar-refractivity contribution is -0.117. The second-order valence-corrected chi connectivity index (χ2v) is 3.58. The highest BCUT2D eigenvalue weighted by molar-refractivity contribution is 5.95. The number of nitrogens with one attached hydrogen (secondary N) is 1. The van der Waals surface area contributed by atoms with Crippen LogP contribution in [0.5, 0.6) is 0 Å². The lowest BCUT2D eigenvalue weighted by atomic mass is 10.2. The number of anilines is 1. The Labute approximate surface area is 99.9 Å². The Bertz CT molecular complexity index is 399. The maximum Gasteiger partial charge on any atom is 0.338 e. The van der Waals surface area contributed by atoms with Crippen LogP contribution in [0, 0.1) is 0 Å². The number of hydrogen-bond acceptors (Lipinski definition) is 4. The molecule has 0 aromatic heterocycles. The van der Waals surface area contributed by atoms with E-state index < -0.39 is 6.04 Å². The minimum Gasteiger partial charge on any atom is -0.462 e. The van der Waals surface area contributed by atoms with Crippen molar-refractivity contribution in [2.24, 2.45) is 5.73 Å². The molecule has 92 valence electrons. The van der Waals surface area contributed by atoms with E-state index in [4.69, 9.17) is 10.5 Å². The first-order chi connectivity index (χ1) is 8.04. The number of benzene rings is 1. The topological polar surface area (TPSA) is 81.4 Å². The number of amides is 1. The van der Waals surface area contributed by atoms with Gasteiger partial charge in [0.05, 0.1) is 18.2 Å². The largest absolute Gasteiger partial charge is 0.462 e. The molecule has 17 heavy (non-hydrogen) atoms. The molecule has 5 heteroatoms. The standard InChI is InChI=1S/C12H16N2O3/c1-3-17-12(16)9-4-6-10(7-5-9)14-11(15)8(2)13/h4-8H,3,13H2,1-2H3,(H,14,15)/t8-/m0/s1. The van der Waals surface area contributed by atoms with E-state index in [1.54, 1.807) is 38.1 Å². The van der Waals surface area contributed by atoms with Gasteiger partial charge in [-0.25, -0.2) is 4.79 Å². The Balaban J connectivity index is 2.68. The summed E-state index contributed by atoms with van der Waals surface area (Å²) in [6, 6.07) is 5.88. The van der Waals surface area contributed by atoms with Crippen LogP contribution in [-0.4, -0.2) is 24.5 Å². The van der Waals surface area contributed by atoms with Gasteiger partial charge < -0.3 is 15.8 Å². The Morgan fingerprint density at radius 2 is 1.94 bits per heavy atom. The molecule has 5 nitrogen and oxygen atoms in total. The van der Waals surface area contributed by atoms with E-state index in [0.29, 0.717) is 17.9 Å². The molecular weight excluding hydrogens is 220 g/mol. The molecule has 1 aromatic rings. The second-order valence-electron chi connectivity index (χ2n) is 3.58. The van der Waals surface area contributed by atoms with Crippen LogP contribution in [0.1, 0.15) is 24.2 Å². The third-order valence-corrected chi connectivity index (χ3v) is 2.08. The average Bonchev–Trinajstić information content (AvgIpc) is 2.30. The Hall–Kier alpha value is -1.88. The molecule has 0 spiro atoms. The molecule has 0 aliphatic carbocycles. The maximum absolute atomic E-state index is 11.4. The van der Waals surface area contributed by atoms with Gasteiger partial charge in [0.2, 0.25) is 5.91 Å². The number of ether oxygens (including phenoxy) is 1. The van der Waals surface area contributed by atoms with Gasteiger partial charge in [-0.05, 0) is 38.1 Å². The normalized spacial score (nSPS) is 11.7. The van der Waals surface area contributed by atoms with Gasteiger partial charge in [0.15, 0.2) is 0 Å². The van der Waals surface area contributed by atoms with Gasteiger partial charge in [0, 0.05) is 5.69 Å². The molecule has 0 saturated heterocycles. The molecule has 1 aromatic carbocycles. The van der Waals surface area contributed by atoms with Crippen molar-refractivity contribution in [3.05, 3.63) is 29.8 Å². The number of hydrogen-bond donors (Lipinski definition) is 2. The summed E-state index contributed by atoms with van der Waals surface area (Å²) in [4.78, 5) is 22.7. The van der Waals surface area contributed by atoms with E-state index in [1.165, 1.54) is 0 Å². The fraction of sp³-hybridized carbons (Fsp3) is 0.333. The summed E-state index contributed by atoms with van der Waals surface area (Å²) in [6.07, 6.45) is 0. The summed E-state index contributed by atoms with van der Waals surface area (Å²) in [7, 11) is 0. The summed E-state index contributed by atoms with van der Waals surface area (Å²) in [5.74, 6) is -0.647. The number of rotatable bonds is 4. The van der Waals surface area contributed by atoms with E-state index in [0.717, 1.165) is 0 Å². The van der Waals surface area contributed by atoms with Crippen molar-refractivity contribution in [1.29, 1.82) is 0 Å². The number of carbonyl (C=O) groups excluding carboxylic acids is 2. The zero-order chi connectivity index (χ0) is 12.8. The lowest BCUT2D eigenvalue weighted by Gasteiger charge is -2.08. The molecule has 0 heterocycles. The van der Waals surface area contributed by atoms with Crippen molar-refractivity contribution in [2.75, 3.05) is 11.9 Å². The van der Waals surface area contributed by atoms with Gasteiger partial charge in [-0.2, -0.15) is 0 Å². The number of esters is 1. The van der Waals surface area contributed by atoms with E-state index in [1.807, 2.05) is 0 Å². The highest BCUT2D eigenvalue weighted by Gasteiger charge is 2.09. The maximum atomic E-state index is 11.4. The minimum absolute atomic E-state index is 0.270. The van der Waals surface area contributed by atoms with Crippen LogP contribution < -0.4 is 11.1 Å². The number of carbonyl (C=O) groups is 2. The van der Waals surface area contributed by atoms with Gasteiger partial charge in [-0.15, -0.1) is 0 Å². The van der Waals surface area contributed by atoms with E-state index in [9.17, 15) is 9.59 Å². The molecule has 0 bridgehead atoms. The molecule has 0 aliphatic heterocycles. The quantitative estimate of drug-likeness (QED) is 0.768. The fourth-order valence-corrected chi connectivity index (χ4v) is 1.16. The third kappa shape index (κ3) is 3.88. The van der Waals surface area contributed by atoms with Crippen LogP contribution in [0.3, 0.4) is 0 Å². The van der Waals surface area contributed by atoms with Gasteiger partial charge in [-0.1, -0.05) is 0 Å².